The van der Waals surface area contributed by atoms with Gasteiger partial charge in [-0.2, -0.15) is 0 Å². The average Bonchev–Trinajstić information content (AvgIpc) is 3.28. The highest BCUT2D eigenvalue weighted by atomic mass is 32.1. The number of hydrogen-bond donors (Lipinski definition) is 1. The molecular weight excluding hydrogens is 410 g/mol. The molecule has 1 aliphatic rings. The van der Waals surface area contributed by atoms with Crippen molar-refractivity contribution in [2.75, 3.05) is 6.54 Å². The van der Waals surface area contributed by atoms with Crippen LogP contribution in [0.3, 0.4) is 0 Å². The largest absolute Gasteiger partial charge is 0.365 e. The highest BCUT2D eigenvalue weighted by Crippen LogP contribution is 2.22. The number of benzene rings is 1. The van der Waals surface area contributed by atoms with Gasteiger partial charge < -0.3 is 15.2 Å². The number of pyridine rings is 1. The zero-order valence-corrected chi connectivity index (χ0v) is 18.1. The predicted molar refractivity (Wildman–Crippen MR) is 121 cm³/mol. The summed E-state index contributed by atoms with van der Waals surface area (Å²) < 4.78 is 1.53. The summed E-state index contributed by atoms with van der Waals surface area (Å²) in [6.07, 6.45) is 4.44. The van der Waals surface area contributed by atoms with Crippen molar-refractivity contribution >= 4 is 23.2 Å². The number of nitrogens with zero attached hydrogens (tertiary/aromatic N) is 2. The van der Waals surface area contributed by atoms with Crippen LogP contribution in [0, 0.1) is 0 Å². The van der Waals surface area contributed by atoms with Crippen molar-refractivity contribution in [1.82, 2.24) is 9.47 Å². The summed E-state index contributed by atoms with van der Waals surface area (Å²) in [4.78, 5) is 40.9. The van der Waals surface area contributed by atoms with Crippen LogP contribution in [0.4, 0.5) is 0 Å². The van der Waals surface area contributed by atoms with Gasteiger partial charge >= 0.3 is 0 Å². The van der Waals surface area contributed by atoms with E-state index in [2.05, 4.69) is 6.07 Å². The van der Waals surface area contributed by atoms with E-state index in [1.807, 2.05) is 46.7 Å². The Hall–Kier alpha value is -3.19. The van der Waals surface area contributed by atoms with Crippen molar-refractivity contribution in [3.63, 3.8) is 0 Å². The molecule has 6 nitrogen and oxygen atoms in total. The highest BCUT2D eigenvalue weighted by molar-refractivity contribution is 7.09. The second-order valence-corrected chi connectivity index (χ2v) is 8.82. The molecule has 0 atom stereocenters. The first-order chi connectivity index (χ1) is 15.0. The molecule has 0 saturated heterocycles. The second-order valence-electron chi connectivity index (χ2n) is 7.79. The predicted octanol–water partition coefficient (Wildman–Crippen LogP) is 2.96. The molecule has 1 aliphatic heterocycles. The van der Waals surface area contributed by atoms with Gasteiger partial charge in [-0.15, -0.1) is 11.3 Å². The number of nitrogens with two attached hydrogens (primary N) is 1. The third-order valence-electron chi connectivity index (χ3n) is 5.66. The molecule has 0 unspecified atom stereocenters. The zero-order valence-electron chi connectivity index (χ0n) is 17.3. The van der Waals surface area contributed by atoms with Gasteiger partial charge in [-0.1, -0.05) is 36.4 Å². The first-order valence-corrected chi connectivity index (χ1v) is 11.3. The highest BCUT2D eigenvalue weighted by Gasteiger charge is 2.27. The molecule has 2 amide bonds. The fourth-order valence-electron chi connectivity index (χ4n) is 4.10. The number of carbonyl (C=O) groups is 2. The fraction of sp³-hybridized carbons (Fsp3) is 0.292. The number of carbonyl (C=O) groups excluding carboxylic acids is 2. The smallest absolute Gasteiger partial charge is 0.264 e. The SMILES string of the molecule is NC(=O)c1c2c(cn(Cc3ccccc3)c1=O)CN(C(=O)CCCc1cccs1)CC2. The van der Waals surface area contributed by atoms with Crippen LogP contribution in [0.25, 0.3) is 0 Å². The van der Waals surface area contributed by atoms with Crippen LogP contribution >= 0.6 is 11.3 Å². The van der Waals surface area contributed by atoms with Crippen LogP contribution in [-0.4, -0.2) is 27.8 Å². The second kappa shape index (κ2) is 9.31. The molecule has 2 N–H and O–H groups in total. The lowest BCUT2D eigenvalue weighted by atomic mass is 9.95. The summed E-state index contributed by atoms with van der Waals surface area (Å²) >= 11 is 1.71. The van der Waals surface area contributed by atoms with E-state index in [4.69, 9.17) is 5.73 Å². The molecule has 31 heavy (non-hydrogen) atoms. The van der Waals surface area contributed by atoms with Gasteiger partial charge in [-0.3, -0.25) is 14.4 Å². The van der Waals surface area contributed by atoms with Crippen LogP contribution in [-0.2, 0) is 30.7 Å². The molecule has 4 rings (SSSR count). The van der Waals surface area contributed by atoms with Crippen LogP contribution < -0.4 is 11.3 Å². The molecule has 0 bridgehead atoms. The lowest BCUT2D eigenvalue weighted by Crippen LogP contribution is -2.40. The van der Waals surface area contributed by atoms with Gasteiger partial charge in [0.25, 0.3) is 11.5 Å². The summed E-state index contributed by atoms with van der Waals surface area (Å²) in [5.74, 6) is -0.608. The van der Waals surface area contributed by atoms with E-state index >= 15 is 0 Å². The molecule has 0 spiro atoms. The maximum Gasteiger partial charge on any atom is 0.264 e. The zero-order chi connectivity index (χ0) is 21.8. The van der Waals surface area contributed by atoms with Crippen molar-refractivity contribution in [1.29, 1.82) is 0 Å². The van der Waals surface area contributed by atoms with Gasteiger partial charge in [0.2, 0.25) is 5.91 Å². The molecule has 0 aliphatic carbocycles. The lowest BCUT2D eigenvalue weighted by molar-refractivity contribution is -0.132. The standard InChI is InChI=1S/C24H25N3O3S/c25-23(29)22-20-11-12-26(21(28)10-4-8-19-9-5-13-31-19)15-18(20)16-27(24(22)30)14-17-6-2-1-3-7-17/h1-3,5-7,9,13,16H,4,8,10-12,14-15H2,(H2,25,29). The summed E-state index contributed by atoms with van der Waals surface area (Å²) in [6, 6.07) is 13.7. The molecule has 7 heteroatoms. The minimum Gasteiger partial charge on any atom is -0.365 e. The Morgan fingerprint density at radius 2 is 1.90 bits per heavy atom. The van der Waals surface area contributed by atoms with Gasteiger partial charge in [0, 0.05) is 30.6 Å². The minimum atomic E-state index is -0.709. The lowest BCUT2D eigenvalue weighted by Gasteiger charge is -2.30. The molecule has 2 aromatic heterocycles. The van der Waals surface area contributed by atoms with Crippen molar-refractivity contribution in [2.24, 2.45) is 5.73 Å². The van der Waals surface area contributed by atoms with Crippen molar-refractivity contribution in [2.45, 2.75) is 38.8 Å². The Balaban J connectivity index is 1.53. The Labute approximate surface area is 184 Å². The van der Waals surface area contributed by atoms with Gasteiger partial charge in [0.15, 0.2) is 0 Å². The van der Waals surface area contributed by atoms with E-state index in [0.717, 1.165) is 24.0 Å². The number of aromatic nitrogens is 1. The van der Waals surface area contributed by atoms with Gasteiger partial charge in [0.05, 0.1) is 6.54 Å². The Kier molecular flexibility index (Phi) is 6.32. The number of fused-ring (bicyclic) bond motifs is 1. The quantitative estimate of drug-likeness (QED) is 0.619. The van der Waals surface area contributed by atoms with E-state index in [1.165, 1.54) is 9.44 Å². The van der Waals surface area contributed by atoms with Crippen molar-refractivity contribution in [3.8, 4) is 0 Å². The van der Waals surface area contributed by atoms with Gasteiger partial charge in [-0.25, -0.2) is 0 Å². The fourth-order valence-corrected chi connectivity index (χ4v) is 4.85. The number of rotatable bonds is 7. The topological polar surface area (TPSA) is 85.4 Å². The van der Waals surface area contributed by atoms with E-state index in [1.54, 1.807) is 17.5 Å². The summed E-state index contributed by atoms with van der Waals surface area (Å²) in [5.41, 5.74) is 7.72. The average molecular weight is 436 g/mol. The van der Waals surface area contributed by atoms with Crippen LogP contribution in [0.1, 0.15) is 44.8 Å². The van der Waals surface area contributed by atoms with Gasteiger partial charge in [-0.05, 0) is 47.4 Å². The molecule has 3 heterocycles. The minimum absolute atomic E-state index is 0.0539. The first-order valence-electron chi connectivity index (χ1n) is 10.4. The van der Waals surface area contributed by atoms with Crippen LogP contribution in [0.5, 0.6) is 0 Å². The van der Waals surface area contributed by atoms with E-state index < -0.39 is 5.91 Å². The van der Waals surface area contributed by atoms with E-state index in [9.17, 15) is 14.4 Å². The maximum absolute atomic E-state index is 12.9. The van der Waals surface area contributed by atoms with E-state index in [0.29, 0.717) is 38.0 Å². The molecule has 160 valence electrons. The Morgan fingerprint density at radius 3 is 2.61 bits per heavy atom. The monoisotopic (exact) mass is 435 g/mol. The van der Waals surface area contributed by atoms with Crippen molar-refractivity contribution in [3.05, 3.63) is 91.5 Å². The molecular formula is C24H25N3O3S. The van der Waals surface area contributed by atoms with Crippen molar-refractivity contribution < 1.29 is 9.59 Å². The number of aryl methyl sites for hydroxylation is 1. The summed E-state index contributed by atoms with van der Waals surface area (Å²) in [6.45, 7) is 1.23. The molecule has 1 aromatic carbocycles. The molecule has 0 radical (unpaired) electrons. The van der Waals surface area contributed by atoms with Crippen LogP contribution in [0.15, 0.2) is 58.8 Å². The number of hydrogen-bond acceptors (Lipinski definition) is 4. The van der Waals surface area contributed by atoms with Crippen LogP contribution in [0.2, 0.25) is 0 Å². The van der Waals surface area contributed by atoms with E-state index in [-0.39, 0.29) is 17.0 Å². The van der Waals surface area contributed by atoms with Gasteiger partial charge in [0.1, 0.15) is 5.56 Å². The molecule has 3 aromatic rings. The maximum atomic E-state index is 12.9. The third kappa shape index (κ3) is 4.77. The molecule has 0 saturated carbocycles. The summed E-state index contributed by atoms with van der Waals surface area (Å²) in [7, 11) is 0. The third-order valence-corrected chi connectivity index (χ3v) is 6.59. The molecule has 0 fully saturated rings. The Morgan fingerprint density at radius 1 is 1.10 bits per heavy atom. The summed E-state index contributed by atoms with van der Waals surface area (Å²) in [5, 5.41) is 2.05. The Bertz CT molecular complexity index is 1140. The number of amides is 2. The number of thiophene rings is 1. The first kappa shape index (κ1) is 21.1. The normalized spacial score (nSPS) is 13.1. The number of primary amides is 1.